The molecule has 0 aromatic carbocycles. The Hall–Kier alpha value is 0.120. The smallest absolute Gasteiger partial charge is 0.176 e. The lowest BCUT2D eigenvalue weighted by molar-refractivity contribution is 1.08. The molecule has 0 saturated carbocycles. The first-order valence-electron chi connectivity index (χ1n) is 3.46. The molecule has 3 nitrogen and oxygen atoms in total. The van der Waals surface area contributed by atoms with E-state index in [-0.39, 0.29) is 0 Å². The van der Waals surface area contributed by atoms with E-state index in [0.29, 0.717) is 10.8 Å². The minimum absolute atomic E-state index is 0.431. The highest BCUT2D eigenvalue weighted by atomic mass is 127. The quantitative estimate of drug-likeness (QED) is 0.666. The molecule has 0 saturated heterocycles. The number of rotatable bonds is 0. The lowest BCUT2D eigenvalue weighted by Crippen LogP contribution is -1.91. The predicted octanol–water partition coefficient (Wildman–Crippen LogP) is 3.06. The van der Waals surface area contributed by atoms with Crippen molar-refractivity contribution >= 4 is 55.8 Å². The molecule has 6 heteroatoms. The molecule has 2 rings (SSSR count). The normalized spacial score (nSPS) is 11.1. The van der Waals surface area contributed by atoms with E-state index in [1.807, 2.05) is 17.5 Å². The number of hydrogen-bond acceptors (Lipinski definition) is 2. The number of imidazole rings is 1. The molecule has 0 unspecified atom stereocenters. The van der Waals surface area contributed by atoms with Gasteiger partial charge in [0.05, 0.1) is 5.69 Å². The average Bonchev–Trinajstić information content (AvgIpc) is 2.32. The molecule has 0 atom stereocenters. The van der Waals surface area contributed by atoms with Crippen LogP contribution in [0.15, 0.2) is 10.8 Å². The van der Waals surface area contributed by atoms with Gasteiger partial charge in [0, 0.05) is 6.20 Å². The SMILES string of the molecule is Cc1nc2c(Cl)nc(I)cn2c1Br. The second-order valence-electron chi connectivity index (χ2n) is 2.54. The largest absolute Gasteiger partial charge is 0.289 e. The van der Waals surface area contributed by atoms with Crippen molar-refractivity contribution in [2.75, 3.05) is 0 Å². The van der Waals surface area contributed by atoms with E-state index in [1.165, 1.54) is 0 Å². The molecule has 13 heavy (non-hydrogen) atoms. The third-order valence-electron chi connectivity index (χ3n) is 1.64. The Morgan fingerprint density at radius 1 is 1.54 bits per heavy atom. The van der Waals surface area contributed by atoms with Crippen LogP contribution < -0.4 is 0 Å². The van der Waals surface area contributed by atoms with Crippen LogP contribution in [-0.2, 0) is 0 Å². The van der Waals surface area contributed by atoms with Crippen molar-refractivity contribution < 1.29 is 0 Å². The second kappa shape index (κ2) is 3.36. The Kier molecular flexibility index (Phi) is 2.50. The molecule has 0 N–H and O–H groups in total. The van der Waals surface area contributed by atoms with Gasteiger partial charge in [-0.3, -0.25) is 4.40 Å². The summed E-state index contributed by atoms with van der Waals surface area (Å²) in [7, 11) is 0. The number of nitrogens with zero attached hydrogens (tertiary/aromatic N) is 3. The summed E-state index contributed by atoms with van der Waals surface area (Å²) in [6.45, 7) is 1.92. The molecule has 2 aromatic rings. The van der Waals surface area contributed by atoms with Crippen LogP contribution in [0.1, 0.15) is 5.69 Å². The fraction of sp³-hybridized carbons (Fsp3) is 0.143. The Balaban J connectivity index is 2.94. The van der Waals surface area contributed by atoms with Crippen LogP contribution in [-0.4, -0.2) is 14.4 Å². The highest BCUT2D eigenvalue weighted by Crippen LogP contribution is 2.23. The van der Waals surface area contributed by atoms with Crippen LogP contribution in [0.2, 0.25) is 5.15 Å². The summed E-state index contributed by atoms with van der Waals surface area (Å²) in [6.07, 6.45) is 1.88. The summed E-state index contributed by atoms with van der Waals surface area (Å²) in [5.41, 5.74) is 1.59. The molecule has 0 bridgehead atoms. The summed E-state index contributed by atoms with van der Waals surface area (Å²) < 4.78 is 3.64. The first-order valence-corrected chi connectivity index (χ1v) is 5.71. The van der Waals surface area contributed by atoms with E-state index >= 15 is 0 Å². The Morgan fingerprint density at radius 2 is 2.23 bits per heavy atom. The van der Waals surface area contributed by atoms with Crippen molar-refractivity contribution in [3.63, 3.8) is 0 Å². The number of hydrogen-bond donors (Lipinski definition) is 0. The zero-order valence-corrected chi connectivity index (χ0v) is 11.1. The summed E-state index contributed by atoms with van der Waals surface area (Å²) in [5, 5.41) is 0.431. The lowest BCUT2D eigenvalue weighted by Gasteiger charge is -1.97. The second-order valence-corrected chi connectivity index (χ2v) is 4.75. The van der Waals surface area contributed by atoms with E-state index in [1.54, 1.807) is 0 Å². The van der Waals surface area contributed by atoms with Crippen molar-refractivity contribution in [2.45, 2.75) is 6.92 Å². The van der Waals surface area contributed by atoms with Crippen LogP contribution in [0.4, 0.5) is 0 Å². The molecule has 0 aliphatic heterocycles. The third kappa shape index (κ3) is 1.57. The summed E-state index contributed by atoms with van der Waals surface area (Å²) >= 11 is 11.5. The van der Waals surface area contributed by atoms with Gasteiger partial charge in [0.25, 0.3) is 0 Å². The Morgan fingerprint density at radius 3 is 2.92 bits per heavy atom. The first kappa shape index (κ1) is 9.67. The Labute approximate surface area is 102 Å². The van der Waals surface area contributed by atoms with Gasteiger partial charge < -0.3 is 0 Å². The van der Waals surface area contributed by atoms with Gasteiger partial charge in [0.15, 0.2) is 10.8 Å². The fourth-order valence-electron chi connectivity index (χ4n) is 1.07. The standard InChI is InChI=1S/C7H4BrClIN3/c1-3-5(8)13-2-4(10)12-6(9)7(13)11-3/h2H,1H3. The molecular formula is C7H4BrClIN3. The van der Waals surface area contributed by atoms with Gasteiger partial charge in [-0.1, -0.05) is 11.6 Å². The van der Waals surface area contributed by atoms with Gasteiger partial charge in [0.2, 0.25) is 0 Å². The lowest BCUT2D eigenvalue weighted by atomic mass is 10.6. The molecule has 0 fully saturated rings. The predicted molar refractivity (Wildman–Crippen MR) is 63.2 cm³/mol. The van der Waals surface area contributed by atoms with Crippen molar-refractivity contribution in [3.05, 3.63) is 25.3 Å². The van der Waals surface area contributed by atoms with Crippen LogP contribution in [0, 0.1) is 10.6 Å². The van der Waals surface area contributed by atoms with Crippen LogP contribution in [0.3, 0.4) is 0 Å². The van der Waals surface area contributed by atoms with Gasteiger partial charge in [-0.15, -0.1) is 0 Å². The van der Waals surface area contributed by atoms with Gasteiger partial charge >= 0.3 is 0 Å². The molecule has 68 valence electrons. The minimum Gasteiger partial charge on any atom is -0.289 e. The maximum Gasteiger partial charge on any atom is 0.176 e. The average molecular weight is 372 g/mol. The van der Waals surface area contributed by atoms with Crippen molar-refractivity contribution in [2.24, 2.45) is 0 Å². The zero-order valence-electron chi connectivity index (χ0n) is 6.55. The molecule has 0 aliphatic carbocycles. The van der Waals surface area contributed by atoms with E-state index in [2.05, 4.69) is 48.5 Å². The summed E-state index contributed by atoms with van der Waals surface area (Å²) in [5.74, 6) is 0. The molecule has 2 heterocycles. The maximum atomic E-state index is 5.93. The number of aryl methyl sites for hydroxylation is 1. The number of halogens is 3. The Bertz CT molecular complexity index is 482. The molecule has 0 radical (unpaired) electrons. The summed E-state index contributed by atoms with van der Waals surface area (Å²) in [4.78, 5) is 8.38. The van der Waals surface area contributed by atoms with Crippen LogP contribution >= 0.6 is 50.1 Å². The van der Waals surface area contributed by atoms with E-state index < -0.39 is 0 Å². The zero-order chi connectivity index (χ0) is 9.59. The van der Waals surface area contributed by atoms with E-state index in [9.17, 15) is 0 Å². The monoisotopic (exact) mass is 371 g/mol. The van der Waals surface area contributed by atoms with Crippen molar-refractivity contribution in [1.29, 1.82) is 0 Å². The molecule has 0 amide bonds. The first-order chi connectivity index (χ1) is 6.09. The maximum absolute atomic E-state index is 5.93. The molecular weight excluding hydrogens is 368 g/mol. The van der Waals surface area contributed by atoms with Crippen molar-refractivity contribution in [3.8, 4) is 0 Å². The van der Waals surface area contributed by atoms with Gasteiger partial charge in [0.1, 0.15) is 8.30 Å². The molecule has 2 aromatic heterocycles. The van der Waals surface area contributed by atoms with E-state index in [0.717, 1.165) is 14.0 Å². The van der Waals surface area contributed by atoms with Gasteiger partial charge in [-0.25, -0.2) is 9.97 Å². The van der Waals surface area contributed by atoms with Gasteiger partial charge in [-0.2, -0.15) is 0 Å². The van der Waals surface area contributed by atoms with Crippen molar-refractivity contribution in [1.82, 2.24) is 14.4 Å². The molecule has 0 aliphatic rings. The highest BCUT2D eigenvalue weighted by Gasteiger charge is 2.10. The van der Waals surface area contributed by atoms with Crippen LogP contribution in [0.5, 0.6) is 0 Å². The minimum atomic E-state index is 0.431. The topological polar surface area (TPSA) is 30.2 Å². The van der Waals surface area contributed by atoms with Gasteiger partial charge in [-0.05, 0) is 45.4 Å². The highest BCUT2D eigenvalue weighted by molar-refractivity contribution is 14.1. The third-order valence-corrected chi connectivity index (χ3v) is 3.37. The molecule has 0 spiro atoms. The fourth-order valence-corrected chi connectivity index (χ4v) is 2.31. The van der Waals surface area contributed by atoms with Crippen LogP contribution in [0.25, 0.3) is 5.65 Å². The summed E-state index contributed by atoms with van der Waals surface area (Å²) in [6, 6.07) is 0. The number of aromatic nitrogens is 3. The number of fused-ring (bicyclic) bond motifs is 1. The van der Waals surface area contributed by atoms with E-state index in [4.69, 9.17) is 11.6 Å².